The molecule has 54 heavy (non-hydrogen) atoms. The summed E-state index contributed by atoms with van der Waals surface area (Å²) in [6, 6.07) is 0. The summed E-state index contributed by atoms with van der Waals surface area (Å²) in [7, 11) is 1.45. The van der Waals surface area contributed by atoms with Crippen molar-refractivity contribution in [2.45, 2.75) is 187 Å². The SMILES string of the molecule is CCCCC/C=C\C/C=C\C/C=C\CCCCC(=O)O[C@H](COC(=O)CCCCCCCCCCCCCCCCC)COP(=O)(O)OCC[N+](C)(C)C. The maximum Gasteiger partial charge on any atom is 0.472 e. The maximum absolute atomic E-state index is 12.7. The number of likely N-dealkylation sites (N-methyl/N-ethyl adjacent to an activating group) is 1. The van der Waals surface area contributed by atoms with Crippen molar-refractivity contribution in [2.24, 2.45) is 0 Å². The number of nitrogens with zero attached hydrogens (tertiary/aromatic N) is 1. The van der Waals surface area contributed by atoms with Crippen LogP contribution in [0, 0.1) is 0 Å². The van der Waals surface area contributed by atoms with Crippen molar-refractivity contribution in [3.8, 4) is 0 Å². The van der Waals surface area contributed by atoms with Gasteiger partial charge in [0.15, 0.2) is 6.10 Å². The van der Waals surface area contributed by atoms with E-state index in [0.29, 0.717) is 17.4 Å². The van der Waals surface area contributed by atoms with Gasteiger partial charge in [0.25, 0.3) is 0 Å². The molecule has 0 aromatic rings. The second-order valence-corrected chi connectivity index (χ2v) is 17.2. The summed E-state index contributed by atoms with van der Waals surface area (Å²) in [6.45, 7) is 4.35. The van der Waals surface area contributed by atoms with Crippen LogP contribution < -0.4 is 0 Å². The van der Waals surface area contributed by atoms with Crippen LogP contribution in [-0.2, 0) is 32.7 Å². The van der Waals surface area contributed by atoms with Gasteiger partial charge >= 0.3 is 19.8 Å². The van der Waals surface area contributed by atoms with Crippen molar-refractivity contribution in [1.82, 2.24) is 0 Å². The van der Waals surface area contributed by atoms with Crippen molar-refractivity contribution in [1.29, 1.82) is 0 Å². The normalized spacial score (nSPS) is 14.0. The smallest absolute Gasteiger partial charge is 0.462 e. The first kappa shape index (κ1) is 52.2. The monoisotopic (exact) mass is 785 g/mol. The molecule has 0 saturated carbocycles. The summed E-state index contributed by atoms with van der Waals surface area (Å²) in [4.78, 5) is 35.3. The van der Waals surface area contributed by atoms with Gasteiger partial charge in [0.2, 0.25) is 0 Å². The number of ether oxygens (including phenoxy) is 2. The minimum atomic E-state index is -4.38. The molecule has 1 N–H and O–H groups in total. The molecular weight excluding hydrogens is 701 g/mol. The van der Waals surface area contributed by atoms with Crippen molar-refractivity contribution >= 4 is 19.8 Å². The van der Waals surface area contributed by atoms with Crippen LogP contribution in [0.5, 0.6) is 0 Å². The first-order chi connectivity index (χ1) is 26.0. The summed E-state index contributed by atoms with van der Waals surface area (Å²) < 4.78 is 34.2. The Bertz CT molecular complexity index is 1020. The predicted molar refractivity (Wildman–Crippen MR) is 224 cm³/mol. The molecule has 0 aliphatic heterocycles. The van der Waals surface area contributed by atoms with Gasteiger partial charge < -0.3 is 18.9 Å². The fourth-order valence-electron chi connectivity index (χ4n) is 5.73. The third-order valence-electron chi connectivity index (χ3n) is 9.17. The molecule has 0 bridgehead atoms. The van der Waals surface area contributed by atoms with Crippen molar-refractivity contribution < 1.29 is 42.1 Å². The average Bonchev–Trinajstić information content (AvgIpc) is 3.12. The van der Waals surface area contributed by atoms with Crippen LogP contribution in [0.3, 0.4) is 0 Å². The van der Waals surface area contributed by atoms with Gasteiger partial charge in [-0.3, -0.25) is 18.6 Å². The second kappa shape index (κ2) is 36.8. The van der Waals surface area contributed by atoms with Crippen molar-refractivity contribution in [3.63, 3.8) is 0 Å². The fourth-order valence-corrected chi connectivity index (χ4v) is 6.47. The lowest BCUT2D eigenvalue weighted by molar-refractivity contribution is -0.870. The highest BCUT2D eigenvalue weighted by Crippen LogP contribution is 2.43. The second-order valence-electron chi connectivity index (χ2n) is 15.7. The third kappa shape index (κ3) is 39.9. The van der Waals surface area contributed by atoms with E-state index in [0.717, 1.165) is 51.4 Å². The third-order valence-corrected chi connectivity index (χ3v) is 10.2. The number of unbranched alkanes of at least 4 members (excludes halogenated alkanes) is 19. The molecule has 0 amide bonds. The number of hydrogen-bond acceptors (Lipinski definition) is 7. The highest BCUT2D eigenvalue weighted by atomic mass is 31.2. The van der Waals surface area contributed by atoms with Crippen LogP contribution in [-0.4, -0.2) is 74.9 Å². The Labute approximate surface area is 331 Å². The molecule has 0 rings (SSSR count). The number of phosphoric acid groups is 1. The first-order valence-corrected chi connectivity index (χ1v) is 23.2. The maximum atomic E-state index is 12.7. The van der Waals surface area contributed by atoms with Crippen LogP contribution in [0.25, 0.3) is 0 Å². The highest BCUT2D eigenvalue weighted by molar-refractivity contribution is 7.47. The van der Waals surface area contributed by atoms with Crippen LogP contribution in [0.15, 0.2) is 36.5 Å². The van der Waals surface area contributed by atoms with E-state index in [1.807, 2.05) is 21.1 Å². The first-order valence-electron chi connectivity index (χ1n) is 21.7. The summed E-state index contributed by atoms with van der Waals surface area (Å²) in [5, 5.41) is 0. The lowest BCUT2D eigenvalue weighted by Crippen LogP contribution is -2.37. The van der Waals surface area contributed by atoms with Gasteiger partial charge in [0.05, 0.1) is 27.7 Å². The summed E-state index contributed by atoms with van der Waals surface area (Å²) in [5.74, 6) is -0.840. The van der Waals surface area contributed by atoms with E-state index in [9.17, 15) is 19.0 Å². The van der Waals surface area contributed by atoms with Gasteiger partial charge in [-0.2, -0.15) is 0 Å². The van der Waals surface area contributed by atoms with E-state index < -0.39 is 26.5 Å². The van der Waals surface area contributed by atoms with Crippen LogP contribution >= 0.6 is 7.82 Å². The van der Waals surface area contributed by atoms with Gasteiger partial charge in [-0.15, -0.1) is 0 Å². The lowest BCUT2D eigenvalue weighted by Gasteiger charge is -2.24. The molecule has 9 nitrogen and oxygen atoms in total. The standard InChI is InChI=1S/C44H82NO8P/c1-6-8-10-12-14-16-18-20-22-24-26-28-30-32-34-36-43(46)50-40-42(41-52-54(48,49)51-39-38-45(3,4)5)53-44(47)37-35-33-31-29-27-25-23-21-19-17-15-13-11-9-7-2/h15,17,21,23,27,29,42H,6-14,16,18-20,22,24-26,28,30-41H2,1-5H3/p+1/b17-15-,23-21-,29-27-/t42-/m1/s1. The van der Waals surface area contributed by atoms with Gasteiger partial charge in [-0.1, -0.05) is 153 Å². The van der Waals surface area contributed by atoms with E-state index in [4.69, 9.17) is 18.5 Å². The lowest BCUT2D eigenvalue weighted by atomic mass is 10.0. The Kier molecular flexibility index (Phi) is 35.6. The molecule has 0 radical (unpaired) electrons. The number of esters is 2. The van der Waals surface area contributed by atoms with Crippen LogP contribution in [0.4, 0.5) is 0 Å². The topological polar surface area (TPSA) is 108 Å². The minimum Gasteiger partial charge on any atom is -0.462 e. The Balaban J connectivity index is 4.42. The fraction of sp³-hybridized carbons (Fsp3) is 0.818. The zero-order chi connectivity index (χ0) is 40.0. The van der Waals surface area contributed by atoms with Crippen molar-refractivity contribution in [3.05, 3.63) is 36.5 Å². The number of phosphoric ester groups is 1. The van der Waals surface area contributed by atoms with Gasteiger partial charge in [-0.05, 0) is 51.4 Å². The van der Waals surface area contributed by atoms with E-state index in [-0.39, 0.29) is 32.0 Å². The van der Waals surface area contributed by atoms with E-state index >= 15 is 0 Å². The molecule has 0 aliphatic carbocycles. The van der Waals surface area contributed by atoms with E-state index in [2.05, 4.69) is 50.3 Å². The number of carbonyl (C=O) groups excluding carboxylic acids is 2. The van der Waals surface area contributed by atoms with Gasteiger partial charge in [-0.25, -0.2) is 4.57 Å². The highest BCUT2D eigenvalue weighted by Gasteiger charge is 2.27. The Morgan fingerprint density at radius 2 is 1.00 bits per heavy atom. The molecule has 0 aliphatic rings. The zero-order valence-corrected chi connectivity index (χ0v) is 36.3. The van der Waals surface area contributed by atoms with Crippen LogP contribution in [0.2, 0.25) is 0 Å². The number of hydrogen-bond donors (Lipinski definition) is 1. The molecular formula is C44H83NO8P+. The number of carbonyl (C=O) groups is 2. The summed E-state index contributed by atoms with van der Waals surface area (Å²) in [5.41, 5.74) is 0. The molecule has 0 fully saturated rings. The zero-order valence-electron chi connectivity index (χ0n) is 35.5. The largest absolute Gasteiger partial charge is 0.472 e. The Morgan fingerprint density at radius 3 is 1.52 bits per heavy atom. The Morgan fingerprint density at radius 1 is 0.574 bits per heavy atom. The van der Waals surface area contributed by atoms with Gasteiger partial charge in [0.1, 0.15) is 19.8 Å². The number of quaternary nitrogens is 1. The molecule has 1 unspecified atom stereocenters. The predicted octanol–water partition coefficient (Wildman–Crippen LogP) is 12.1. The average molecular weight is 785 g/mol. The molecule has 0 saturated heterocycles. The van der Waals surface area contributed by atoms with Crippen LogP contribution in [0.1, 0.15) is 181 Å². The van der Waals surface area contributed by atoms with Crippen molar-refractivity contribution in [2.75, 3.05) is 47.5 Å². The minimum absolute atomic E-state index is 0.0250. The molecule has 0 aromatic carbocycles. The molecule has 316 valence electrons. The summed E-state index contributed by atoms with van der Waals surface area (Å²) >= 11 is 0. The van der Waals surface area contributed by atoms with E-state index in [1.165, 1.54) is 96.3 Å². The van der Waals surface area contributed by atoms with E-state index in [1.54, 1.807) is 0 Å². The molecule has 10 heteroatoms. The summed E-state index contributed by atoms with van der Waals surface area (Å²) in [6.07, 6.45) is 40.5. The molecule has 0 heterocycles. The molecule has 2 atom stereocenters. The molecule has 0 aromatic heterocycles. The molecule has 0 spiro atoms. The Hall–Kier alpha value is -1.77. The number of rotatable bonds is 39. The quantitative estimate of drug-likeness (QED) is 0.0216. The number of allylic oxidation sites excluding steroid dienone is 6. The van der Waals surface area contributed by atoms with Gasteiger partial charge in [0, 0.05) is 12.8 Å².